The van der Waals surface area contributed by atoms with E-state index in [-0.39, 0.29) is 36.9 Å². The van der Waals surface area contributed by atoms with E-state index < -0.39 is 6.29 Å². The normalized spacial score (nSPS) is 17.2. The van der Waals surface area contributed by atoms with Crippen molar-refractivity contribution in [1.82, 2.24) is 30.2 Å². The van der Waals surface area contributed by atoms with Crippen LogP contribution in [0.4, 0.5) is 10.3 Å². The van der Waals surface area contributed by atoms with Gasteiger partial charge in [-0.05, 0) is 56.3 Å². The monoisotopic (exact) mass is 531 g/mol. The van der Waals surface area contributed by atoms with Crippen molar-refractivity contribution in [3.05, 3.63) is 78.3 Å². The molecule has 5 rings (SSSR count). The summed E-state index contributed by atoms with van der Waals surface area (Å²) in [4.78, 5) is 33.7. The number of H-pyrrole nitrogens is 1. The zero-order valence-corrected chi connectivity index (χ0v) is 21.7. The molecule has 0 atom stereocenters. The number of amides is 1. The number of hydrogen-bond acceptors (Lipinski definition) is 8. The van der Waals surface area contributed by atoms with E-state index in [1.54, 1.807) is 30.6 Å². The molecule has 0 spiro atoms. The molecule has 0 aliphatic carbocycles. The predicted octanol–water partition coefficient (Wildman–Crippen LogP) is 3.74. The Balaban J connectivity index is 1.35. The molecule has 1 aliphatic heterocycles. The lowest BCUT2D eigenvalue weighted by atomic mass is 10.1. The van der Waals surface area contributed by atoms with Gasteiger partial charge in [0.2, 0.25) is 11.9 Å². The van der Waals surface area contributed by atoms with E-state index in [9.17, 15) is 9.18 Å². The summed E-state index contributed by atoms with van der Waals surface area (Å²) in [5.41, 5.74) is 3.47. The Kier molecular flexibility index (Phi) is 8.18. The van der Waals surface area contributed by atoms with Gasteiger partial charge in [-0.25, -0.2) is 19.3 Å². The molecule has 39 heavy (non-hydrogen) atoms. The molecule has 11 heteroatoms. The summed E-state index contributed by atoms with van der Waals surface area (Å²) in [7, 11) is 0. The molecule has 0 unspecified atom stereocenters. The van der Waals surface area contributed by atoms with Crippen molar-refractivity contribution >= 4 is 11.9 Å². The highest BCUT2D eigenvalue weighted by Crippen LogP contribution is 2.30. The van der Waals surface area contributed by atoms with Crippen molar-refractivity contribution in [2.45, 2.75) is 39.1 Å². The molecule has 1 saturated heterocycles. The first-order valence-electron chi connectivity index (χ1n) is 12.8. The summed E-state index contributed by atoms with van der Waals surface area (Å²) in [5, 5.41) is 6.08. The Labute approximate surface area is 225 Å². The van der Waals surface area contributed by atoms with E-state index in [0.29, 0.717) is 41.8 Å². The minimum absolute atomic E-state index is 0.0502. The summed E-state index contributed by atoms with van der Waals surface area (Å²) < 4.78 is 25.3. The van der Waals surface area contributed by atoms with Crippen molar-refractivity contribution in [2.75, 3.05) is 18.5 Å². The molecule has 1 amide bonds. The van der Waals surface area contributed by atoms with Gasteiger partial charge in [0, 0.05) is 24.0 Å². The molecule has 202 valence electrons. The first-order chi connectivity index (χ1) is 18.9. The number of pyridine rings is 1. The summed E-state index contributed by atoms with van der Waals surface area (Å²) in [6.45, 7) is 4.82. The topological polar surface area (TPSA) is 127 Å². The number of carbonyl (C=O) groups is 1. The number of rotatable bonds is 9. The first-order valence-corrected chi connectivity index (χ1v) is 12.8. The van der Waals surface area contributed by atoms with Crippen LogP contribution in [-0.2, 0) is 27.2 Å². The zero-order valence-electron chi connectivity index (χ0n) is 21.7. The number of nitrogens with zero attached hydrogens (tertiary/aromatic N) is 4. The van der Waals surface area contributed by atoms with Crippen LogP contribution in [0.25, 0.3) is 22.6 Å². The Morgan fingerprint density at radius 2 is 1.85 bits per heavy atom. The molecule has 3 N–H and O–H groups in total. The number of anilines is 1. The molecule has 3 aromatic heterocycles. The predicted molar refractivity (Wildman–Crippen MR) is 143 cm³/mol. The molecular formula is C28H30FN7O3. The standard InChI is InChI=1S/C28H30FN7O3/c1-17(2)33-27(37)19-15-38-24(39-16-19)13-23-35-25(18-6-8-20(29)9-7-18)26(36-23)22-10-12-31-28(34-22)32-14-21-5-3-4-11-30-21/h3-12,17,19,24H,13-16H2,1-2H3,(H,33,37)(H,35,36)(H,31,32,34). The molecule has 1 aliphatic rings. The van der Waals surface area contributed by atoms with Gasteiger partial charge in [0.05, 0.1) is 54.9 Å². The van der Waals surface area contributed by atoms with Crippen molar-refractivity contribution < 1.29 is 18.7 Å². The second kappa shape index (κ2) is 12.1. The van der Waals surface area contributed by atoms with E-state index in [0.717, 1.165) is 11.3 Å². The van der Waals surface area contributed by atoms with Crippen LogP contribution in [0.15, 0.2) is 60.9 Å². The number of benzene rings is 1. The molecular weight excluding hydrogens is 501 g/mol. The third-order valence-corrected chi connectivity index (χ3v) is 6.06. The van der Waals surface area contributed by atoms with Gasteiger partial charge in [-0.3, -0.25) is 9.78 Å². The van der Waals surface area contributed by atoms with Crippen LogP contribution < -0.4 is 10.6 Å². The van der Waals surface area contributed by atoms with Gasteiger partial charge in [0.1, 0.15) is 11.6 Å². The summed E-state index contributed by atoms with van der Waals surface area (Å²) >= 11 is 0. The number of halogens is 1. The lowest BCUT2D eigenvalue weighted by Crippen LogP contribution is -2.44. The number of aromatic nitrogens is 5. The largest absolute Gasteiger partial charge is 0.354 e. The van der Waals surface area contributed by atoms with Crippen LogP contribution in [0, 0.1) is 11.7 Å². The second-order valence-corrected chi connectivity index (χ2v) is 9.51. The van der Waals surface area contributed by atoms with Crippen molar-refractivity contribution in [1.29, 1.82) is 0 Å². The number of nitrogens with one attached hydrogen (secondary N) is 3. The highest BCUT2D eigenvalue weighted by Gasteiger charge is 2.29. The van der Waals surface area contributed by atoms with Crippen LogP contribution in [0.1, 0.15) is 25.4 Å². The van der Waals surface area contributed by atoms with Gasteiger partial charge in [0.25, 0.3) is 0 Å². The van der Waals surface area contributed by atoms with Gasteiger partial charge in [0.15, 0.2) is 6.29 Å². The molecule has 10 nitrogen and oxygen atoms in total. The van der Waals surface area contributed by atoms with Crippen LogP contribution in [0.3, 0.4) is 0 Å². The van der Waals surface area contributed by atoms with Crippen molar-refractivity contribution in [3.8, 4) is 22.6 Å². The third-order valence-electron chi connectivity index (χ3n) is 6.06. The Bertz CT molecular complexity index is 1390. The molecule has 4 heterocycles. The molecule has 0 radical (unpaired) electrons. The average molecular weight is 532 g/mol. The molecule has 1 fully saturated rings. The van der Waals surface area contributed by atoms with Gasteiger partial charge in [-0.1, -0.05) is 6.07 Å². The van der Waals surface area contributed by atoms with Gasteiger partial charge in [-0.15, -0.1) is 0 Å². The molecule has 0 saturated carbocycles. The quantitative estimate of drug-likeness (QED) is 0.298. The number of imidazole rings is 1. The molecule has 4 aromatic rings. The van der Waals surface area contributed by atoms with Crippen molar-refractivity contribution in [2.24, 2.45) is 5.92 Å². The third kappa shape index (κ3) is 6.81. The van der Waals surface area contributed by atoms with E-state index >= 15 is 0 Å². The molecule has 0 bridgehead atoms. The lowest BCUT2D eigenvalue weighted by Gasteiger charge is -2.28. The Morgan fingerprint density at radius 1 is 1.05 bits per heavy atom. The fraction of sp³-hybridized carbons (Fsp3) is 0.321. The summed E-state index contributed by atoms with van der Waals surface area (Å²) in [6.07, 6.45) is 3.17. The van der Waals surface area contributed by atoms with Crippen LogP contribution in [0.2, 0.25) is 0 Å². The fourth-order valence-corrected chi connectivity index (χ4v) is 4.15. The highest BCUT2D eigenvalue weighted by molar-refractivity contribution is 5.79. The van der Waals surface area contributed by atoms with Gasteiger partial charge in [-0.2, -0.15) is 0 Å². The molecule has 1 aromatic carbocycles. The van der Waals surface area contributed by atoms with E-state index in [4.69, 9.17) is 14.5 Å². The van der Waals surface area contributed by atoms with Crippen LogP contribution >= 0.6 is 0 Å². The summed E-state index contributed by atoms with van der Waals surface area (Å²) in [6, 6.07) is 13.7. The number of carbonyl (C=O) groups excluding carboxylic acids is 1. The first kappa shape index (κ1) is 26.4. The van der Waals surface area contributed by atoms with E-state index in [1.165, 1.54) is 12.1 Å². The number of aromatic amines is 1. The van der Waals surface area contributed by atoms with E-state index in [1.807, 2.05) is 32.0 Å². The van der Waals surface area contributed by atoms with Crippen LogP contribution in [0.5, 0.6) is 0 Å². The maximum atomic E-state index is 13.7. The number of hydrogen-bond donors (Lipinski definition) is 3. The average Bonchev–Trinajstić information content (AvgIpc) is 3.37. The minimum atomic E-state index is -0.561. The number of ether oxygens (including phenoxy) is 2. The van der Waals surface area contributed by atoms with Crippen molar-refractivity contribution in [3.63, 3.8) is 0 Å². The smallest absolute Gasteiger partial charge is 0.227 e. The SMILES string of the molecule is CC(C)NC(=O)C1COC(Cc2nc(-c3ccc(F)cc3)c(-c3ccnc(NCc4ccccn4)n3)[nH]2)OC1. The maximum absolute atomic E-state index is 13.7. The Hall–Kier alpha value is -4.22. The highest BCUT2D eigenvalue weighted by atomic mass is 19.1. The van der Waals surface area contributed by atoms with Gasteiger partial charge < -0.3 is 25.1 Å². The fourth-order valence-electron chi connectivity index (χ4n) is 4.15. The lowest BCUT2D eigenvalue weighted by molar-refractivity contribution is -0.201. The maximum Gasteiger partial charge on any atom is 0.227 e. The van der Waals surface area contributed by atoms with E-state index in [2.05, 4.69) is 30.6 Å². The minimum Gasteiger partial charge on any atom is -0.354 e. The van der Waals surface area contributed by atoms with Gasteiger partial charge >= 0.3 is 0 Å². The summed E-state index contributed by atoms with van der Waals surface area (Å²) in [5.74, 6) is 0.270. The zero-order chi connectivity index (χ0) is 27.2. The van der Waals surface area contributed by atoms with Crippen LogP contribution in [-0.4, -0.2) is 56.4 Å². The Morgan fingerprint density at radius 3 is 2.56 bits per heavy atom. The second-order valence-electron chi connectivity index (χ2n) is 9.51.